The Balaban J connectivity index is 1.43. The number of hydrogen-bond donors (Lipinski definition) is 3. The molecule has 3 aromatic rings. The van der Waals surface area contributed by atoms with Gasteiger partial charge >= 0.3 is 7.82 Å². The number of aliphatic hydroxyl groups excluding tert-OH is 1. The molecular formula is C21H26N5O7P. The third-order valence-electron chi connectivity index (χ3n) is 6.02. The minimum absolute atomic E-state index is 0.257. The Morgan fingerprint density at radius 1 is 1.24 bits per heavy atom. The SMILES string of the molecule is CC1(C)C[C@@H](c2ccncc2)O[P@@](=O)(OC2O[C@@H](n3ccc4c(N)ncnc43)[C@](C)(O)[C@@H]2O)O1. The summed E-state index contributed by atoms with van der Waals surface area (Å²) in [5.41, 5.74) is 4.34. The van der Waals surface area contributed by atoms with E-state index in [4.69, 9.17) is 24.0 Å². The van der Waals surface area contributed by atoms with Crippen molar-refractivity contribution in [3.05, 3.63) is 48.7 Å². The van der Waals surface area contributed by atoms with E-state index in [1.54, 1.807) is 50.6 Å². The molecule has 0 radical (unpaired) electrons. The number of nitrogen functional groups attached to an aromatic ring is 1. The summed E-state index contributed by atoms with van der Waals surface area (Å²) in [4.78, 5) is 12.1. The molecule has 6 atom stereocenters. The van der Waals surface area contributed by atoms with Crippen LogP contribution in [0.2, 0.25) is 0 Å². The number of anilines is 1. The van der Waals surface area contributed by atoms with Crippen LogP contribution >= 0.6 is 7.82 Å². The van der Waals surface area contributed by atoms with Crippen molar-refractivity contribution in [2.24, 2.45) is 0 Å². The second-order valence-corrected chi connectivity index (χ2v) is 10.7. The number of fused-ring (bicyclic) bond motifs is 1. The van der Waals surface area contributed by atoms with E-state index >= 15 is 0 Å². The minimum atomic E-state index is -4.23. The summed E-state index contributed by atoms with van der Waals surface area (Å²) in [6.07, 6.45) is 1.67. The molecule has 0 amide bonds. The van der Waals surface area contributed by atoms with Gasteiger partial charge in [0.15, 0.2) is 6.23 Å². The second-order valence-electron chi connectivity index (χ2n) is 9.23. The molecule has 0 bridgehead atoms. The highest BCUT2D eigenvalue weighted by Crippen LogP contribution is 2.63. The lowest BCUT2D eigenvalue weighted by atomic mass is 9.97. The molecule has 0 aromatic carbocycles. The van der Waals surface area contributed by atoms with Crippen molar-refractivity contribution in [3.8, 4) is 0 Å². The van der Waals surface area contributed by atoms with E-state index in [0.717, 1.165) is 5.56 Å². The lowest BCUT2D eigenvalue weighted by molar-refractivity contribution is -0.156. The van der Waals surface area contributed by atoms with Gasteiger partial charge in [0.1, 0.15) is 29.5 Å². The summed E-state index contributed by atoms with van der Waals surface area (Å²) in [6.45, 7) is 4.91. The summed E-state index contributed by atoms with van der Waals surface area (Å²) in [7, 11) is -4.23. The zero-order chi connectivity index (χ0) is 24.3. The van der Waals surface area contributed by atoms with Gasteiger partial charge < -0.3 is 25.3 Å². The smallest absolute Gasteiger partial charge is 0.385 e. The molecule has 2 fully saturated rings. The number of pyridine rings is 1. The topological polar surface area (TPSA) is 164 Å². The van der Waals surface area contributed by atoms with Crippen LogP contribution in [0.1, 0.15) is 45.1 Å². The van der Waals surface area contributed by atoms with Gasteiger partial charge in [-0.15, -0.1) is 0 Å². The zero-order valence-electron chi connectivity index (χ0n) is 18.8. The Labute approximate surface area is 195 Å². The molecule has 0 saturated carbocycles. The molecule has 13 heteroatoms. The summed E-state index contributed by atoms with van der Waals surface area (Å²) in [6, 6.07) is 5.17. The molecule has 5 rings (SSSR count). The van der Waals surface area contributed by atoms with E-state index in [9.17, 15) is 14.8 Å². The van der Waals surface area contributed by atoms with Gasteiger partial charge in [0.05, 0.1) is 17.1 Å². The van der Waals surface area contributed by atoms with Crippen LogP contribution in [0, 0.1) is 0 Å². The summed E-state index contributed by atoms with van der Waals surface area (Å²) >= 11 is 0. The number of phosphoric ester groups is 1. The highest BCUT2D eigenvalue weighted by atomic mass is 31.2. The number of nitrogens with two attached hydrogens (primary N) is 1. The molecule has 0 aliphatic carbocycles. The van der Waals surface area contributed by atoms with Gasteiger partial charge in [-0.1, -0.05) is 0 Å². The summed E-state index contributed by atoms with van der Waals surface area (Å²) in [5, 5.41) is 22.5. The van der Waals surface area contributed by atoms with Crippen LogP contribution in [0.4, 0.5) is 5.82 Å². The Hall–Kier alpha value is -2.44. The van der Waals surface area contributed by atoms with Crippen LogP contribution in [0.25, 0.3) is 11.0 Å². The highest BCUT2D eigenvalue weighted by molar-refractivity contribution is 7.48. The maximum Gasteiger partial charge on any atom is 0.478 e. The van der Waals surface area contributed by atoms with E-state index in [0.29, 0.717) is 17.5 Å². The third kappa shape index (κ3) is 4.01. The van der Waals surface area contributed by atoms with E-state index in [-0.39, 0.29) is 5.82 Å². The first-order valence-corrected chi connectivity index (χ1v) is 12.2. The van der Waals surface area contributed by atoms with Gasteiger partial charge in [0.25, 0.3) is 0 Å². The second kappa shape index (κ2) is 8.06. The van der Waals surface area contributed by atoms with Crippen molar-refractivity contribution >= 4 is 24.7 Å². The average Bonchev–Trinajstić information content (AvgIpc) is 3.28. The van der Waals surface area contributed by atoms with E-state index in [1.807, 2.05) is 0 Å². The first-order chi connectivity index (χ1) is 16.0. The normalized spacial score (nSPS) is 35.6. The predicted molar refractivity (Wildman–Crippen MR) is 119 cm³/mol. The first kappa shape index (κ1) is 23.3. The fourth-order valence-corrected chi connectivity index (χ4v) is 6.04. The van der Waals surface area contributed by atoms with Gasteiger partial charge in [-0.25, -0.2) is 14.5 Å². The van der Waals surface area contributed by atoms with Crippen LogP contribution in [0.3, 0.4) is 0 Å². The van der Waals surface area contributed by atoms with Crippen molar-refractivity contribution < 1.29 is 33.1 Å². The Morgan fingerprint density at radius 3 is 2.71 bits per heavy atom. The molecule has 3 aromatic heterocycles. The molecular weight excluding hydrogens is 465 g/mol. The highest BCUT2D eigenvalue weighted by Gasteiger charge is 2.57. The van der Waals surface area contributed by atoms with E-state index in [1.165, 1.54) is 17.8 Å². The molecule has 182 valence electrons. The number of rotatable bonds is 4. The molecule has 2 saturated heterocycles. The maximum atomic E-state index is 13.6. The zero-order valence-corrected chi connectivity index (χ0v) is 19.7. The van der Waals surface area contributed by atoms with Crippen LogP contribution in [-0.4, -0.2) is 53.3 Å². The van der Waals surface area contributed by atoms with Crippen molar-refractivity contribution in [1.82, 2.24) is 19.5 Å². The predicted octanol–water partition coefficient (Wildman–Crippen LogP) is 2.46. The Morgan fingerprint density at radius 2 is 1.97 bits per heavy atom. The number of hydrogen-bond acceptors (Lipinski definition) is 11. The average molecular weight is 491 g/mol. The molecule has 4 N–H and O–H groups in total. The van der Waals surface area contributed by atoms with Gasteiger partial charge in [0.2, 0.25) is 6.29 Å². The standard InChI is InChI=1S/C21H26N5O7P/c1-20(2)10-14(12-4-7-23-8-5-12)31-34(29,33-20)32-18-15(27)21(3,28)19(30-18)26-9-6-13-16(22)24-11-25-17(13)26/h4-9,11,14-15,18-19,27-28H,10H2,1-3H3,(H2,22,24,25)/t14-,15+,18?,19+,21+,34-/m0/s1. The molecule has 5 heterocycles. The summed E-state index contributed by atoms with van der Waals surface area (Å²) in [5.74, 6) is 0.257. The van der Waals surface area contributed by atoms with Gasteiger partial charge in [-0.3, -0.25) is 18.6 Å². The van der Waals surface area contributed by atoms with E-state index in [2.05, 4.69) is 15.0 Å². The number of aromatic nitrogens is 4. The van der Waals surface area contributed by atoms with Gasteiger partial charge in [-0.2, -0.15) is 0 Å². The molecule has 34 heavy (non-hydrogen) atoms. The lowest BCUT2D eigenvalue weighted by Gasteiger charge is -2.39. The lowest BCUT2D eigenvalue weighted by Crippen LogP contribution is -2.44. The van der Waals surface area contributed by atoms with E-state index < -0.39 is 43.8 Å². The van der Waals surface area contributed by atoms with Crippen molar-refractivity contribution in [2.45, 2.75) is 63.1 Å². The largest absolute Gasteiger partial charge is 0.478 e. The Kier molecular flexibility index (Phi) is 5.53. The minimum Gasteiger partial charge on any atom is -0.385 e. The number of nitrogens with zero attached hydrogens (tertiary/aromatic N) is 4. The van der Waals surface area contributed by atoms with Crippen molar-refractivity contribution in [2.75, 3.05) is 5.73 Å². The number of phosphoric acid groups is 1. The van der Waals surface area contributed by atoms with Crippen molar-refractivity contribution in [3.63, 3.8) is 0 Å². The number of ether oxygens (including phenoxy) is 1. The van der Waals surface area contributed by atoms with Crippen LogP contribution in [0.5, 0.6) is 0 Å². The van der Waals surface area contributed by atoms with Gasteiger partial charge in [0, 0.05) is 25.0 Å². The third-order valence-corrected chi connectivity index (χ3v) is 7.71. The Bertz CT molecular complexity index is 1250. The number of aliphatic hydroxyl groups is 2. The molecule has 0 spiro atoms. The molecule has 2 aliphatic rings. The molecule has 12 nitrogen and oxygen atoms in total. The van der Waals surface area contributed by atoms with Gasteiger partial charge in [-0.05, 0) is 44.5 Å². The first-order valence-electron chi connectivity index (χ1n) is 10.7. The fourth-order valence-electron chi connectivity index (χ4n) is 4.30. The molecule has 2 aliphatic heterocycles. The quantitative estimate of drug-likeness (QED) is 0.459. The fraction of sp³-hybridized carbons (Fsp3) is 0.476. The van der Waals surface area contributed by atoms with Crippen LogP contribution < -0.4 is 5.73 Å². The van der Waals surface area contributed by atoms with Crippen molar-refractivity contribution in [1.29, 1.82) is 0 Å². The monoisotopic (exact) mass is 491 g/mol. The van der Waals surface area contributed by atoms with Crippen LogP contribution in [-0.2, 0) is 22.9 Å². The summed E-state index contributed by atoms with van der Waals surface area (Å²) < 4.78 is 38.0. The molecule has 1 unspecified atom stereocenters. The maximum absolute atomic E-state index is 13.6. The van der Waals surface area contributed by atoms with Crippen LogP contribution in [0.15, 0.2) is 43.1 Å².